The summed E-state index contributed by atoms with van der Waals surface area (Å²) in [6.45, 7) is 1.91. The molecule has 3 heterocycles. The van der Waals surface area contributed by atoms with Crippen molar-refractivity contribution in [1.29, 1.82) is 0 Å². The van der Waals surface area contributed by atoms with Crippen LogP contribution in [0.25, 0.3) is 22.1 Å². The maximum absolute atomic E-state index is 13.2. The van der Waals surface area contributed by atoms with Crippen LogP contribution < -0.4 is 5.32 Å². The molecule has 2 N–H and O–H groups in total. The monoisotopic (exact) mass is 410 g/mol. The van der Waals surface area contributed by atoms with Crippen LogP contribution in [0.4, 0.5) is 0 Å². The molecule has 0 saturated carbocycles. The van der Waals surface area contributed by atoms with E-state index in [9.17, 15) is 4.79 Å². The number of carbonyl (C=O) groups is 1. The highest BCUT2D eigenvalue weighted by Crippen LogP contribution is 2.22. The number of amides is 1. The average Bonchev–Trinajstić information content (AvgIpc) is 3.34. The molecule has 0 aliphatic heterocycles. The Kier molecular flexibility index (Phi) is 4.71. The zero-order chi connectivity index (χ0) is 21.4. The van der Waals surface area contributed by atoms with Gasteiger partial charge >= 0.3 is 0 Å². The number of hydrogen-bond donors (Lipinski definition) is 2. The summed E-state index contributed by atoms with van der Waals surface area (Å²) >= 11 is 0. The number of aromatic nitrogens is 5. The van der Waals surface area contributed by atoms with E-state index in [1.165, 1.54) is 0 Å². The molecule has 5 rings (SSSR count). The summed E-state index contributed by atoms with van der Waals surface area (Å²) in [5.41, 5.74) is 5.03. The van der Waals surface area contributed by atoms with Gasteiger partial charge in [-0.1, -0.05) is 42.5 Å². The van der Waals surface area contributed by atoms with E-state index in [1.54, 1.807) is 10.9 Å². The molecule has 0 spiro atoms. The highest BCUT2D eigenvalue weighted by Gasteiger charge is 2.21. The maximum Gasteiger partial charge on any atom is 0.253 e. The van der Waals surface area contributed by atoms with E-state index in [0.29, 0.717) is 12.0 Å². The lowest BCUT2D eigenvalue weighted by atomic mass is 10.0. The molecular weight excluding hydrogens is 388 g/mol. The fourth-order valence-corrected chi connectivity index (χ4v) is 3.88. The van der Waals surface area contributed by atoms with E-state index in [4.69, 9.17) is 4.98 Å². The summed E-state index contributed by atoms with van der Waals surface area (Å²) in [5, 5.41) is 8.41. The first-order chi connectivity index (χ1) is 15.1. The molecule has 0 bridgehead atoms. The quantitative estimate of drug-likeness (QED) is 0.460. The summed E-state index contributed by atoms with van der Waals surface area (Å²) in [4.78, 5) is 25.7. The molecular formula is C24H22N6O. The first-order valence-electron chi connectivity index (χ1n) is 10.2. The number of aryl methyl sites for hydroxylation is 2. The van der Waals surface area contributed by atoms with Crippen molar-refractivity contribution in [2.45, 2.75) is 19.4 Å². The highest BCUT2D eigenvalue weighted by molar-refractivity contribution is 5.97. The number of para-hydroxylation sites is 2. The van der Waals surface area contributed by atoms with Crippen LogP contribution in [-0.4, -0.2) is 30.6 Å². The standard InChI is InChI=1S/C24H22N6O/c1-15-18-13-17(14-25-23(18)30(2)29-15)24(31)28-21(12-16-8-4-3-5-9-16)22-26-19-10-6-7-11-20(19)27-22/h3-11,13-14,21H,12H2,1-2H3,(H,26,27)(H,28,31). The predicted molar refractivity (Wildman–Crippen MR) is 120 cm³/mol. The minimum Gasteiger partial charge on any atom is -0.342 e. The molecule has 2 aromatic carbocycles. The zero-order valence-corrected chi connectivity index (χ0v) is 17.3. The van der Waals surface area contributed by atoms with Gasteiger partial charge in [-0.2, -0.15) is 5.10 Å². The maximum atomic E-state index is 13.2. The van der Waals surface area contributed by atoms with Crippen LogP contribution in [0.5, 0.6) is 0 Å². The lowest BCUT2D eigenvalue weighted by Crippen LogP contribution is -2.30. The zero-order valence-electron chi connectivity index (χ0n) is 17.3. The number of hydrogen-bond acceptors (Lipinski definition) is 4. The summed E-state index contributed by atoms with van der Waals surface area (Å²) < 4.78 is 1.72. The van der Waals surface area contributed by atoms with Gasteiger partial charge in [0.1, 0.15) is 5.82 Å². The minimum absolute atomic E-state index is 0.195. The van der Waals surface area contributed by atoms with Crippen LogP contribution in [0.2, 0.25) is 0 Å². The van der Waals surface area contributed by atoms with Crippen LogP contribution in [0, 0.1) is 6.92 Å². The fourth-order valence-electron chi connectivity index (χ4n) is 3.88. The van der Waals surface area contributed by atoms with Crippen molar-refractivity contribution in [3.63, 3.8) is 0 Å². The van der Waals surface area contributed by atoms with Crippen LogP contribution in [0.3, 0.4) is 0 Å². The van der Waals surface area contributed by atoms with E-state index in [1.807, 2.05) is 62.5 Å². The normalized spacial score (nSPS) is 12.3. The lowest BCUT2D eigenvalue weighted by molar-refractivity contribution is 0.0934. The SMILES string of the molecule is Cc1nn(C)c2ncc(C(=O)NC(Cc3ccccc3)c3nc4ccccc4[nH]3)cc12. The van der Waals surface area contributed by atoms with E-state index >= 15 is 0 Å². The first-order valence-corrected chi connectivity index (χ1v) is 10.2. The number of imidazole rings is 1. The van der Waals surface area contributed by atoms with Crippen molar-refractivity contribution in [1.82, 2.24) is 30.0 Å². The van der Waals surface area contributed by atoms with Gasteiger partial charge in [0.15, 0.2) is 5.65 Å². The van der Waals surface area contributed by atoms with E-state index in [-0.39, 0.29) is 11.9 Å². The molecule has 1 atom stereocenters. The van der Waals surface area contributed by atoms with Gasteiger partial charge in [-0.15, -0.1) is 0 Å². The molecule has 0 aliphatic carbocycles. The van der Waals surface area contributed by atoms with Crippen LogP contribution in [0.15, 0.2) is 66.9 Å². The van der Waals surface area contributed by atoms with Crippen LogP contribution in [0.1, 0.15) is 33.5 Å². The molecule has 0 radical (unpaired) electrons. The van der Waals surface area contributed by atoms with Crippen molar-refractivity contribution >= 4 is 28.0 Å². The van der Waals surface area contributed by atoms with E-state index in [2.05, 4.69) is 32.5 Å². The Labute approximate surface area is 179 Å². The summed E-state index contributed by atoms with van der Waals surface area (Å²) in [7, 11) is 1.85. The Balaban J connectivity index is 1.48. The molecule has 1 amide bonds. The number of fused-ring (bicyclic) bond motifs is 2. The molecule has 3 aromatic heterocycles. The smallest absolute Gasteiger partial charge is 0.253 e. The lowest BCUT2D eigenvalue weighted by Gasteiger charge is -2.17. The third-order valence-electron chi connectivity index (χ3n) is 5.45. The number of carbonyl (C=O) groups excluding carboxylic acids is 1. The molecule has 1 unspecified atom stereocenters. The number of aromatic amines is 1. The second-order valence-electron chi connectivity index (χ2n) is 7.66. The van der Waals surface area contributed by atoms with Crippen LogP contribution in [-0.2, 0) is 13.5 Å². The summed E-state index contributed by atoms with van der Waals surface area (Å²) in [6.07, 6.45) is 2.21. The molecule has 0 fully saturated rings. The van der Waals surface area contributed by atoms with Crippen molar-refractivity contribution in [3.8, 4) is 0 Å². The molecule has 0 aliphatic rings. The van der Waals surface area contributed by atoms with Gasteiger partial charge in [-0.05, 0) is 37.1 Å². The van der Waals surface area contributed by atoms with Crippen molar-refractivity contribution in [2.75, 3.05) is 0 Å². The Bertz CT molecular complexity index is 1350. The third-order valence-corrected chi connectivity index (χ3v) is 5.45. The topological polar surface area (TPSA) is 88.5 Å². The second-order valence-corrected chi connectivity index (χ2v) is 7.66. The fraction of sp³-hybridized carbons (Fsp3) is 0.167. The first kappa shape index (κ1) is 19.0. The average molecular weight is 410 g/mol. The van der Waals surface area contributed by atoms with Gasteiger partial charge in [0.2, 0.25) is 0 Å². The molecule has 7 nitrogen and oxygen atoms in total. The Hall–Kier alpha value is -4.00. The van der Waals surface area contributed by atoms with Gasteiger partial charge in [0.25, 0.3) is 5.91 Å². The van der Waals surface area contributed by atoms with Crippen LogP contribution >= 0.6 is 0 Å². The van der Waals surface area contributed by atoms with E-state index < -0.39 is 0 Å². The number of nitrogens with one attached hydrogen (secondary N) is 2. The van der Waals surface area contributed by atoms with Gasteiger partial charge in [-0.25, -0.2) is 9.97 Å². The van der Waals surface area contributed by atoms with E-state index in [0.717, 1.165) is 39.1 Å². The van der Waals surface area contributed by atoms with Gasteiger partial charge < -0.3 is 10.3 Å². The number of H-pyrrole nitrogens is 1. The number of pyridine rings is 1. The third kappa shape index (κ3) is 3.66. The second kappa shape index (κ2) is 7.68. The van der Waals surface area contributed by atoms with Crippen molar-refractivity contribution in [2.24, 2.45) is 7.05 Å². The molecule has 5 aromatic rings. The van der Waals surface area contributed by atoms with Crippen molar-refractivity contribution in [3.05, 3.63) is 89.5 Å². The van der Waals surface area contributed by atoms with Gasteiger partial charge in [0, 0.05) is 18.6 Å². The Morgan fingerprint density at radius 1 is 1.13 bits per heavy atom. The Morgan fingerprint density at radius 3 is 2.71 bits per heavy atom. The number of rotatable bonds is 5. The molecule has 154 valence electrons. The molecule has 0 saturated heterocycles. The predicted octanol–water partition coefficient (Wildman–Crippen LogP) is 3.87. The van der Waals surface area contributed by atoms with Crippen molar-refractivity contribution < 1.29 is 4.79 Å². The molecule has 31 heavy (non-hydrogen) atoms. The number of benzene rings is 2. The minimum atomic E-state index is -0.312. The highest BCUT2D eigenvalue weighted by atomic mass is 16.1. The Morgan fingerprint density at radius 2 is 1.90 bits per heavy atom. The van der Waals surface area contributed by atoms with Gasteiger partial charge in [-0.3, -0.25) is 9.48 Å². The molecule has 7 heteroatoms. The summed E-state index contributed by atoms with van der Waals surface area (Å²) in [5.74, 6) is 0.532. The number of nitrogens with zero attached hydrogens (tertiary/aromatic N) is 4. The largest absolute Gasteiger partial charge is 0.342 e. The summed E-state index contributed by atoms with van der Waals surface area (Å²) in [6, 6.07) is 19.5. The van der Waals surface area contributed by atoms with Gasteiger partial charge in [0.05, 0.1) is 28.3 Å².